The number of amides is 1. The summed E-state index contributed by atoms with van der Waals surface area (Å²) < 4.78 is 90.4. The lowest BCUT2D eigenvalue weighted by molar-refractivity contribution is -0.144. The molecule has 0 bridgehead atoms. The van der Waals surface area contributed by atoms with Crippen LogP contribution in [0.25, 0.3) is 10.9 Å². The number of ether oxygens (including phenoxy) is 2. The van der Waals surface area contributed by atoms with Gasteiger partial charge in [-0.05, 0) is 63.1 Å². The molecular weight excluding hydrogens is 546 g/mol. The molecule has 1 aliphatic rings. The number of nitrogens with one attached hydrogen (secondary N) is 1. The van der Waals surface area contributed by atoms with Crippen molar-refractivity contribution in [3.05, 3.63) is 64.3 Å². The Morgan fingerprint density at radius 3 is 2.33 bits per heavy atom. The quantitative estimate of drug-likeness (QED) is 0.319. The van der Waals surface area contributed by atoms with E-state index in [4.69, 9.17) is 9.47 Å². The summed E-state index contributed by atoms with van der Waals surface area (Å²) in [6, 6.07) is 5.14. The molecule has 1 atom stereocenters. The fourth-order valence-electron chi connectivity index (χ4n) is 4.66. The van der Waals surface area contributed by atoms with Gasteiger partial charge in [0.25, 0.3) is 0 Å². The molecule has 1 aromatic heterocycles. The van der Waals surface area contributed by atoms with E-state index in [9.17, 15) is 41.0 Å². The largest absolute Gasteiger partial charge is 0.489 e. The second kappa shape index (κ2) is 10.3. The van der Waals surface area contributed by atoms with E-state index < -0.39 is 65.8 Å². The number of carboxylic acids is 1. The number of carbonyl (C=O) groups excluding carboxylic acids is 1. The zero-order valence-corrected chi connectivity index (χ0v) is 21.7. The third-order valence-corrected chi connectivity index (χ3v) is 6.36. The van der Waals surface area contributed by atoms with Crippen LogP contribution in [0.3, 0.4) is 0 Å². The second-order valence-corrected chi connectivity index (χ2v) is 10.4. The molecule has 3 aromatic rings. The molecule has 2 aromatic carbocycles. The van der Waals surface area contributed by atoms with Crippen molar-refractivity contribution >= 4 is 23.0 Å². The molecule has 0 spiro atoms. The van der Waals surface area contributed by atoms with Crippen LogP contribution < -0.4 is 4.74 Å². The van der Waals surface area contributed by atoms with Gasteiger partial charge in [-0.3, -0.25) is 9.69 Å². The summed E-state index contributed by atoms with van der Waals surface area (Å²) in [7, 11) is 0. The van der Waals surface area contributed by atoms with Gasteiger partial charge in [0.15, 0.2) is 0 Å². The first-order valence-corrected chi connectivity index (χ1v) is 12.2. The highest BCUT2D eigenvalue weighted by atomic mass is 19.4. The lowest BCUT2D eigenvalue weighted by Crippen LogP contribution is -2.43. The maximum atomic E-state index is 13.5. The number of hydrogen-bond acceptors (Lipinski definition) is 4. The van der Waals surface area contributed by atoms with Gasteiger partial charge in [0.2, 0.25) is 0 Å². The van der Waals surface area contributed by atoms with Crippen LogP contribution in [0.15, 0.2) is 36.4 Å². The van der Waals surface area contributed by atoms with Gasteiger partial charge in [0, 0.05) is 28.7 Å². The van der Waals surface area contributed by atoms with Crippen LogP contribution in [0.2, 0.25) is 0 Å². The third-order valence-electron chi connectivity index (χ3n) is 6.36. The summed E-state index contributed by atoms with van der Waals surface area (Å²) in [6.45, 7) is 4.61. The monoisotopic (exact) mass is 572 g/mol. The molecule has 2 N–H and O–H groups in total. The van der Waals surface area contributed by atoms with E-state index in [2.05, 4.69) is 4.98 Å². The van der Waals surface area contributed by atoms with Crippen LogP contribution in [0, 0.1) is 0 Å². The molecule has 0 aliphatic carbocycles. The molecule has 7 nitrogen and oxygen atoms in total. The Bertz CT molecular complexity index is 1440. The van der Waals surface area contributed by atoms with Crippen LogP contribution in [0.1, 0.15) is 61.2 Å². The predicted molar refractivity (Wildman–Crippen MR) is 131 cm³/mol. The van der Waals surface area contributed by atoms with Crippen molar-refractivity contribution in [1.82, 2.24) is 9.88 Å². The van der Waals surface area contributed by atoms with Crippen molar-refractivity contribution in [2.24, 2.45) is 0 Å². The number of halogens is 6. The molecular formula is C27H26F6N2O5. The average Bonchev–Trinajstić information content (AvgIpc) is 3.18. The van der Waals surface area contributed by atoms with E-state index in [1.807, 2.05) is 0 Å². The first kappa shape index (κ1) is 29.1. The van der Waals surface area contributed by atoms with Crippen LogP contribution in [0.4, 0.5) is 31.1 Å². The Labute approximate surface area is 224 Å². The Morgan fingerprint density at radius 1 is 1.02 bits per heavy atom. The van der Waals surface area contributed by atoms with Crippen molar-refractivity contribution in [2.75, 3.05) is 6.54 Å². The molecule has 0 saturated carbocycles. The van der Waals surface area contributed by atoms with Crippen molar-refractivity contribution in [2.45, 2.75) is 64.2 Å². The van der Waals surface area contributed by atoms with Gasteiger partial charge in [0.05, 0.1) is 23.6 Å². The number of aromatic amines is 1. The Balaban J connectivity index is 1.63. The average molecular weight is 573 g/mol. The number of fused-ring (bicyclic) bond motifs is 3. The lowest BCUT2D eigenvalue weighted by atomic mass is 9.95. The SMILES string of the molecule is CC(C)(C)OC(=O)N1CCc2c([nH]c3ccc(OCc4ccc(C(F)(F)F)cc4C(F)(F)F)cc23)C1CC(=O)O. The summed E-state index contributed by atoms with van der Waals surface area (Å²) in [4.78, 5) is 28.9. The summed E-state index contributed by atoms with van der Waals surface area (Å²) in [5.74, 6) is -0.974. The summed E-state index contributed by atoms with van der Waals surface area (Å²) in [6.07, 6.45) is -10.7. The highest BCUT2D eigenvalue weighted by molar-refractivity contribution is 5.87. The number of hydrogen-bond donors (Lipinski definition) is 2. The molecule has 1 unspecified atom stereocenters. The van der Waals surface area contributed by atoms with Crippen LogP contribution >= 0.6 is 0 Å². The standard InChI is InChI=1S/C27H26F6N2O5/c1-25(2,3)40-24(38)35-9-8-17-18-11-16(6-7-20(18)34-23(17)21(35)12-22(36)37)39-13-14-4-5-15(26(28,29)30)10-19(14)27(31,32)33/h4-7,10-11,21,34H,8-9,12-13H2,1-3H3,(H,36,37). The van der Waals surface area contributed by atoms with E-state index in [0.717, 1.165) is 11.6 Å². The van der Waals surface area contributed by atoms with Gasteiger partial charge < -0.3 is 19.6 Å². The predicted octanol–water partition coefficient (Wildman–Crippen LogP) is 7.09. The topological polar surface area (TPSA) is 91.9 Å². The lowest BCUT2D eigenvalue weighted by Gasteiger charge is -2.36. The van der Waals surface area contributed by atoms with Gasteiger partial charge in [-0.2, -0.15) is 26.3 Å². The van der Waals surface area contributed by atoms with E-state index in [1.54, 1.807) is 32.9 Å². The number of benzene rings is 2. The number of nitrogens with zero attached hydrogens (tertiary/aromatic N) is 1. The first-order chi connectivity index (χ1) is 18.4. The van der Waals surface area contributed by atoms with Crippen LogP contribution in [-0.2, 0) is 34.9 Å². The number of H-pyrrole nitrogens is 1. The number of carboxylic acid groups (broad SMARTS) is 1. The molecule has 40 heavy (non-hydrogen) atoms. The maximum Gasteiger partial charge on any atom is 0.416 e. The number of carbonyl (C=O) groups is 2. The minimum atomic E-state index is -5.03. The Morgan fingerprint density at radius 2 is 1.73 bits per heavy atom. The first-order valence-electron chi connectivity index (χ1n) is 12.2. The van der Waals surface area contributed by atoms with Crippen molar-refractivity contribution in [1.29, 1.82) is 0 Å². The zero-order chi connectivity index (χ0) is 29.6. The summed E-state index contributed by atoms with van der Waals surface area (Å²) in [5.41, 5.74) is -2.32. The highest BCUT2D eigenvalue weighted by Gasteiger charge is 2.39. The van der Waals surface area contributed by atoms with Crippen molar-refractivity contribution in [3.8, 4) is 5.75 Å². The smallest absolute Gasteiger partial charge is 0.416 e. The molecule has 1 amide bonds. The number of rotatable bonds is 5. The Hall–Kier alpha value is -3.90. The van der Waals surface area contributed by atoms with Crippen LogP contribution in [0.5, 0.6) is 5.75 Å². The van der Waals surface area contributed by atoms with E-state index >= 15 is 0 Å². The molecule has 13 heteroatoms. The van der Waals surface area contributed by atoms with E-state index in [1.165, 1.54) is 11.0 Å². The summed E-state index contributed by atoms with van der Waals surface area (Å²) in [5, 5.41) is 10.1. The fraction of sp³-hybridized carbons (Fsp3) is 0.407. The van der Waals surface area contributed by atoms with Crippen LogP contribution in [-0.4, -0.2) is 39.2 Å². The molecule has 1 aliphatic heterocycles. The van der Waals surface area contributed by atoms with Gasteiger partial charge >= 0.3 is 24.4 Å². The van der Waals surface area contributed by atoms with Gasteiger partial charge in [-0.25, -0.2) is 4.79 Å². The molecule has 4 rings (SSSR count). The van der Waals surface area contributed by atoms with Gasteiger partial charge in [0.1, 0.15) is 18.0 Å². The number of alkyl halides is 6. The highest BCUT2D eigenvalue weighted by Crippen LogP contribution is 2.40. The normalized spacial score (nSPS) is 16.1. The van der Waals surface area contributed by atoms with Gasteiger partial charge in [-0.15, -0.1) is 0 Å². The van der Waals surface area contributed by atoms with Crippen molar-refractivity contribution in [3.63, 3.8) is 0 Å². The maximum absolute atomic E-state index is 13.5. The molecule has 0 saturated heterocycles. The number of aromatic nitrogens is 1. The van der Waals surface area contributed by atoms with Crippen molar-refractivity contribution < 1.29 is 50.5 Å². The molecule has 2 heterocycles. The Kier molecular flexibility index (Phi) is 7.46. The molecule has 0 fully saturated rings. The van der Waals surface area contributed by atoms with E-state index in [-0.39, 0.29) is 18.4 Å². The molecule has 0 radical (unpaired) electrons. The zero-order valence-electron chi connectivity index (χ0n) is 21.7. The second-order valence-electron chi connectivity index (χ2n) is 10.4. The minimum Gasteiger partial charge on any atom is -0.489 e. The van der Waals surface area contributed by atoms with Gasteiger partial charge in [-0.1, -0.05) is 6.07 Å². The molecule has 216 valence electrons. The number of aliphatic carboxylic acids is 1. The minimum absolute atomic E-state index is 0.0590. The van der Waals surface area contributed by atoms with E-state index in [0.29, 0.717) is 29.1 Å². The fourth-order valence-corrected chi connectivity index (χ4v) is 4.66. The third kappa shape index (κ3) is 6.28. The summed E-state index contributed by atoms with van der Waals surface area (Å²) >= 11 is 0.